The molecular formula is C20H23ClF2N2O2S. The number of halogens is 3. The first-order chi connectivity index (χ1) is 13.0. The zero-order valence-corrected chi connectivity index (χ0v) is 17.0. The number of nitrogens with two attached hydrogens (primary N) is 1. The van der Waals surface area contributed by atoms with Crippen molar-refractivity contribution < 1.29 is 18.3 Å². The van der Waals surface area contributed by atoms with E-state index in [9.17, 15) is 13.6 Å². The number of benzene rings is 2. The normalized spacial score (nSPS) is 19.7. The summed E-state index contributed by atoms with van der Waals surface area (Å²) in [5.74, 6) is -1.50. The van der Waals surface area contributed by atoms with Crippen LogP contribution in [0.3, 0.4) is 0 Å². The molecule has 0 radical (unpaired) electrons. The molecule has 28 heavy (non-hydrogen) atoms. The Kier molecular flexibility index (Phi) is 8.24. The Morgan fingerprint density at radius 2 is 2.07 bits per heavy atom. The standard InChI is InChI=1S/C20H22F2N2O2S.ClH/c1-27-15-4-2-3-12(9-15)19(16-10-13(21)5-7-17(16)22)24-20(25)18-8-6-14(11-23)26-18;/h2-5,7,9-10,14,18-19H,6,8,11,23H2,1H3,(H,24,25);1H/t14-,18+,19?;/m1./s1. The van der Waals surface area contributed by atoms with Crippen molar-refractivity contribution >= 4 is 30.1 Å². The molecule has 0 saturated carbocycles. The molecule has 1 heterocycles. The number of rotatable bonds is 6. The van der Waals surface area contributed by atoms with E-state index in [0.717, 1.165) is 23.1 Å². The second kappa shape index (κ2) is 10.2. The van der Waals surface area contributed by atoms with Crippen LogP contribution in [0, 0.1) is 11.6 Å². The second-order valence-electron chi connectivity index (χ2n) is 6.44. The lowest BCUT2D eigenvalue weighted by Gasteiger charge is -2.23. The Balaban J connectivity index is 0.00000280. The third-order valence-corrected chi connectivity index (χ3v) is 5.37. The van der Waals surface area contributed by atoms with Crippen LogP contribution in [-0.4, -0.2) is 30.9 Å². The van der Waals surface area contributed by atoms with E-state index < -0.39 is 23.8 Å². The van der Waals surface area contributed by atoms with Crippen LogP contribution >= 0.6 is 24.2 Å². The Labute approximate surface area is 173 Å². The topological polar surface area (TPSA) is 64.4 Å². The molecule has 2 aromatic carbocycles. The number of hydrogen-bond acceptors (Lipinski definition) is 4. The number of hydrogen-bond donors (Lipinski definition) is 2. The van der Waals surface area contributed by atoms with Crippen LogP contribution in [-0.2, 0) is 9.53 Å². The van der Waals surface area contributed by atoms with E-state index in [0.29, 0.717) is 24.9 Å². The molecule has 1 aliphatic heterocycles. The summed E-state index contributed by atoms with van der Waals surface area (Å²) in [6.07, 6.45) is 2.40. The Morgan fingerprint density at radius 1 is 1.29 bits per heavy atom. The minimum absolute atomic E-state index is 0. The fourth-order valence-corrected chi connectivity index (χ4v) is 3.67. The van der Waals surface area contributed by atoms with Crippen molar-refractivity contribution in [3.05, 3.63) is 65.2 Å². The predicted octanol–water partition coefficient (Wildman–Crippen LogP) is 3.82. The van der Waals surface area contributed by atoms with Crippen molar-refractivity contribution in [2.75, 3.05) is 12.8 Å². The average molecular weight is 429 g/mol. The van der Waals surface area contributed by atoms with E-state index in [2.05, 4.69) is 5.32 Å². The Morgan fingerprint density at radius 3 is 2.75 bits per heavy atom. The van der Waals surface area contributed by atoms with Gasteiger partial charge in [0.2, 0.25) is 5.91 Å². The van der Waals surface area contributed by atoms with Gasteiger partial charge in [-0.15, -0.1) is 24.2 Å². The maximum absolute atomic E-state index is 14.5. The molecule has 8 heteroatoms. The molecule has 1 amide bonds. The zero-order valence-electron chi connectivity index (χ0n) is 15.4. The number of carbonyl (C=O) groups is 1. The summed E-state index contributed by atoms with van der Waals surface area (Å²) in [6, 6.07) is 9.81. The summed E-state index contributed by atoms with van der Waals surface area (Å²) in [5.41, 5.74) is 6.35. The van der Waals surface area contributed by atoms with Crippen LogP contribution in [0.4, 0.5) is 8.78 Å². The summed E-state index contributed by atoms with van der Waals surface area (Å²) >= 11 is 1.53. The molecule has 1 fully saturated rings. The van der Waals surface area contributed by atoms with Gasteiger partial charge in [-0.3, -0.25) is 4.79 Å². The van der Waals surface area contributed by atoms with Gasteiger partial charge >= 0.3 is 0 Å². The fourth-order valence-electron chi connectivity index (χ4n) is 3.20. The Bertz CT molecular complexity index is 825. The quantitative estimate of drug-likeness (QED) is 0.686. The number of carbonyl (C=O) groups excluding carboxylic acids is 1. The smallest absolute Gasteiger partial charge is 0.249 e. The van der Waals surface area contributed by atoms with Gasteiger partial charge in [0.1, 0.15) is 17.7 Å². The molecule has 152 valence electrons. The zero-order chi connectivity index (χ0) is 19.4. The van der Waals surface area contributed by atoms with Gasteiger partial charge in [-0.2, -0.15) is 0 Å². The second-order valence-corrected chi connectivity index (χ2v) is 7.32. The van der Waals surface area contributed by atoms with Gasteiger partial charge in [0, 0.05) is 17.0 Å². The molecule has 1 saturated heterocycles. The lowest BCUT2D eigenvalue weighted by molar-refractivity contribution is -0.132. The highest BCUT2D eigenvalue weighted by molar-refractivity contribution is 7.98. The lowest BCUT2D eigenvalue weighted by atomic mass is 9.97. The molecule has 1 unspecified atom stereocenters. The van der Waals surface area contributed by atoms with Gasteiger partial charge in [-0.1, -0.05) is 12.1 Å². The van der Waals surface area contributed by atoms with Crippen molar-refractivity contribution in [1.29, 1.82) is 0 Å². The molecule has 0 aliphatic carbocycles. The third-order valence-electron chi connectivity index (χ3n) is 4.65. The van der Waals surface area contributed by atoms with Crippen molar-refractivity contribution in [3.8, 4) is 0 Å². The van der Waals surface area contributed by atoms with E-state index in [1.807, 2.05) is 24.5 Å². The van der Waals surface area contributed by atoms with Gasteiger partial charge in [-0.25, -0.2) is 8.78 Å². The van der Waals surface area contributed by atoms with Crippen LogP contribution in [0.25, 0.3) is 0 Å². The fraction of sp³-hybridized carbons (Fsp3) is 0.350. The minimum atomic E-state index is -0.819. The maximum Gasteiger partial charge on any atom is 0.249 e. The largest absolute Gasteiger partial charge is 0.364 e. The molecule has 0 aromatic heterocycles. The number of ether oxygens (including phenoxy) is 1. The molecular weight excluding hydrogens is 406 g/mol. The van der Waals surface area contributed by atoms with Crippen LogP contribution in [0.2, 0.25) is 0 Å². The predicted molar refractivity (Wildman–Crippen MR) is 109 cm³/mol. The van der Waals surface area contributed by atoms with Gasteiger partial charge < -0.3 is 15.8 Å². The SMILES string of the molecule is CSc1cccc(C(NC(=O)[C@@H]2CC[C@H](CN)O2)c2cc(F)ccc2F)c1.Cl. The average Bonchev–Trinajstić information content (AvgIpc) is 3.17. The van der Waals surface area contributed by atoms with Crippen LogP contribution in [0.5, 0.6) is 0 Å². The summed E-state index contributed by atoms with van der Waals surface area (Å²) in [5, 5.41) is 2.83. The molecule has 3 N–H and O–H groups in total. The van der Waals surface area contributed by atoms with Gasteiger partial charge in [-0.05, 0) is 55.0 Å². The van der Waals surface area contributed by atoms with E-state index >= 15 is 0 Å². The van der Waals surface area contributed by atoms with E-state index in [4.69, 9.17) is 10.5 Å². The molecule has 3 atom stereocenters. The number of thioether (sulfide) groups is 1. The maximum atomic E-state index is 14.5. The molecule has 2 aromatic rings. The molecule has 0 spiro atoms. The molecule has 3 rings (SSSR count). The van der Waals surface area contributed by atoms with Crippen molar-refractivity contribution in [2.24, 2.45) is 5.73 Å². The first-order valence-corrected chi connectivity index (χ1v) is 9.99. The van der Waals surface area contributed by atoms with E-state index in [-0.39, 0.29) is 30.0 Å². The number of nitrogens with one attached hydrogen (secondary N) is 1. The van der Waals surface area contributed by atoms with Crippen LogP contribution in [0.1, 0.15) is 30.0 Å². The third kappa shape index (κ3) is 5.23. The molecule has 4 nitrogen and oxygen atoms in total. The summed E-state index contributed by atoms with van der Waals surface area (Å²) < 4.78 is 33.9. The van der Waals surface area contributed by atoms with Gasteiger partial charge in [0.15, 0.2) is 0 Å². The minimum Gasteiger partial charge on any atom is -0.364 e. The van der Waals surface area contributed by atoms with E-state index in [1.165, 1.54) is 11.8 Å². The van der Waals surface area contributed by atoms with Gasteiger partial charge in [0.05, 0.1) is 12.1 Å². The highest BCUT2D eigenvalue weighted by Gasteiger charge is 2.32. The monoisotopic (exact) mass is 428 g/mol. The summed E-state index contributed by atoms with van der Waals surface area (Å²) in [6.45, 7) is 0.349. The highest BCUT2D eigenvalue weighted by atomic mass is 35.5. The van der Waals surface area contributed by atoms with Crippen LogP contribution in [0.15, 0.2) is 47.4 Å². The number of amides is 1. The van der Waals surface area contributed by atoms with Crippen molar-refractivity contribution in [3.63, 3.8) is 0 Å². The van der Waals surface area contributed by atoms with Crippen LogP contribution < -0.4 is 11.1 Å². The van der Waals surface area contributed by atoms with Crippen molar-refractivity contribution in [1.82, 2.24) is 5.32 Å². The first-order valence-electron chi connectivity index (χ1n) is 8.76. The van der Waals surface area contributed by atoms with E-state index in [1.54, 1.807) is 6.07 Å². The summed E-state index contributed by atoms with van der Waals surface area (Å²) in [4.78, 5) is 13.7. The lowest BCUT2D eigenvalue weighted by Crippen LogP contribution is -2.38. The Hall–Kier alpha value is -1.67. The summed E-state index contributed by atoms with van der Waals surface area (Å²) in [7, 11) is 0. The highest BCUT2D eigenvalue weighted by Crippen LogP contribution is 2.29. The van der Waals surface area contributed by atoms with Gasteiger partial charge in [0.25, 0.3) is 0 Å². The molecule has 0 bridgehead atoms. The molecule has 1 aliphatic rings. The van der Waals surface area contributed by atoms with Crippen molar-refractivity contribution in [2.45, 2.75) is 36.0 Å². The first kappa shape index (κ1) is 22.6.